The maximum Gasteiger partial charge on any atom is 0.160 e. The molecule has 0 amide bonds. The number of fused-ring (bicyclic) bond motifs is 9. The van der Waals surface area contributed by atoms with Gasteiger partial charge in [0.05, 0.1) is 22.2 Å². The summed E-state index contributed by atoms with van der Waals surface area (Å²) in [6.45, 7) is 9.68. The molecule has 0 saturated carbocycles. The molecule has 2 heterocycles. The highest BCUT2D eigenvalue weighted by atomic mass is 15.0. The molecule has 0 N–H and O–H groups in total. The van der Waals surface area contributed by atoms with Crippen LogP contribution in [0.5, 0.6) is 0 Å². The van der Waals surface area contributed by atoms with Gasteiger partial charge in [0.25, 0.3) is 0 Å². The molecule has 10 rings (SSSR count). The van der Waals surface area contributed by atoms with Gasteiger partial charge in [-0.3, -0.25) is 0 Å². The predicted octanol–water partition coefficient (Wildman–Crippen LogP) is 12.4. The van der Waals surface area contributed by atoms with E-state index >= 15 is 0 Å². The summed E-state index contributed by atoms with van der Waals surface area (Å²) in [5, 5.41) is 6.15. The molecule has 0 atom stereocenters. The Kier molecular flexibility index (Phi) is 6.27. The van der Waals surface area contributed by atoms with Gasteiger partial charge < -0.3 is 4.57 Å². The van der Waals surface area contributed by atoms with E-state index in [1.807, 2.05) is 24.3 Å². The quantitative estimate of drug-likeness (QED) is 0.190. The highest BCUT2D eigenvalue weighted by Crippen LogP contribution is 2.56. The van der Waals surface area contributed by atoms with Crippen LogP contribution in [0.25, 0.3) is 82.9 Å². The molecule has 244 valence electrons. The molecule has 0 fully saturated rings. The lowest BCUT2D eigenvalue weighted by Gasteiger charge is -2.48. The van der Waals surface area contributed by atoms with Crippen LogP contribution in [0.3, 0.4) is 0 Å². The third-order valence-electron chi connectivity index (χ3n) is 11.9. The first-order valence-electron chi connectivity index (χ1n) is 17.8. The summed E-state index contributed by atoms with van der Waals surface area (Å²) in [7, 11) is 0. The smallest absolute Gasteiger partial charge is 0.160 e. The molecule has 0 saturated heterocycles. The first-order valence-corrected chi connectivity index (χ1v) is 17.8. The van der Waals surface area contributed by atoms with Crippen LogP contribution < -0.4 is 0 Å². The zero-order chi connectivity index (χ0) is 34.5. The number of hydrogen-bond donors (Lipinski definition) is 0. The number of hydrogen-bond acceptors (Lipinski definition) is 2. The van der Waals surface area contributed by atoms with E-state index in [0.29, 0.717) is 0 Å². The third-order valence-corrected chi connectivity index (χ3v) is 11.9. The predicted molar refractivity (Wildman–Crippen MR) is 214 cm³/mol. The average Bonchev–Trinajstić information content (AvgIpc) is 3.49. The molecular weight excluding hydrogens is 619 g/mol. The van der Waals surface area contributed by atoms with Crippen LogP contribution in [0.2, 0.25) is 0 Å². The first-order chi connectivity index (χ1) is 24.8. The van der Waals surface area contributed by atoms with Crippen molar-refractivity contribution in [3.63, 3.8) is 0 Å². The molecule has 2 aromatic heterocycles. The van der Waals surface area contributed by atoms with Crippen LogP contribution in [-0.2, 0) is 10.8 Å². The molecule has 3 nitrogen and oxygen atoms in total. The van der Waals surface area contributed by atoms with Gasteiger partial charge >= 0.3 is 0 Å². The van der Waals surface area contributed by atoms with Crippen LogP contribution in [0.1, 0.15) is 38.8 Å². The van der Waals surface area contributed by atoms with E-state index in [1.54, 1.807) is 0 Å². The van der Waals surface area contributed by atoms with E-state index in [1.165, 1.54) is 54.8 Å². The Balaban J connectivity index is 1.28. The summed E-state index contributed by atoms with van der Waals surface area (Å²) in [5.74, 6) is 0.727. The summed E-state index contributed by atoms with van der Waals surface area (Å²) in [5.41, 5.74) is 12.7. The molecule has 0 radical (unpaired) electrons. The Labute approximate surface area is 297 Å². The van der Waals surface area contributed by atoms with Crippen molar-refractivity contribution in [2.45, 2.75) is 38.5 Å². The van der Waals surface area contributed by atoms with Crippen molar-refractivity contribution in [1.82, 2.24) is 14.5 Å². The molecule has 0 spiro atoms. The fraction of sp³-hybridized carbons (Fsp3) is 0.125. The molecule has 7 aromatic carbocycles. The Morgan fingerprint density at radius 2 is 1.14 bits per heavy atom. The van der Waals surface area contributed by atoms with Crippen LogP contribution in [0, 0.1) is 0 Å². The summed E-state index contributed by atoms with van der Waals surface area (Å²) in [4.78, 5) is 10.3. The van der Waals surface area contributed by atoms with Gasteiger partial charge in [-0.15, -0.1) is 0 Å². The molecule has 1 aliphatic carbocycles. The van der Waals surface area contributed by atoms with Crippen molar-refractivity contribution in [3.05, 3.63) is 163 Å². The fourth-order valence-electron chi connectivity index (χ4n) is 8.56. The zero-order valence-corrected chi connectivity index (χ0v) is 29.3. The third kappa shape index (κ3) is 4.24. The minimum atomic E-state index is -0.126. The van der Waals surface area contributed by atoms with Crippen LogP contribution in [0.4, 0.5) is 0 Å². The fourth-order valence-corrected chi connectivity index (χ4v) is 8.56. The normalized spacial score (nSPS) is 14.6. The monoisotopic (exact) mass is 655 g/mol. The van der Waals surface area contributed by atoms with Gasteiger partial charge in [-0.05, 0) is 80.3 Å². The Hall–Kier alpha value is -6.06. The lowest BCUT2D eigenvalue weighted by molar-refractivity contribution is 0.299. The topological polar surface area (TPSA) is 30.7 Å². The van der Waals surface area contributed by atoms with Gasteiger partial charge in [0.15, 0.2) is 5.82 Å². The van der Waals surface area contributed by atoms with Crippen molar-refractivity contribution in [2.75, 3.05) is 0 Å². The highest BCUT2D eigenvalue weighted by molar-refractivity contribution is 6.13. The Morgan fingerprint density at radius 1 is 0.471 bits per heavy atom. The molecule has 0 unspecified atom stereocenters. The van der Waals surface area contributed by atoms with Crippen LogP contribution in [-0.4, -0.2) is 14.5 Å². The average molecular weight is 656 g/mol. The van der Waals surface area contributed by atoms with E-state index in [4.69, 9.17) is 9.97 Å². The van der Waals surface area contributed by atoms with Crippen molar-refractivity contribution in [3.8, 4) is 39.5 Å². The van der Waals surface area contributed by atoms with E-state index in [-0.39, 0.29) is 10.8 Å². The van der Waals surface area contributed by atoms with Crippen molar-refractivity contribution in [1.29, 1.82) is 0 Å². The number of benzene rings is 7. The summed E-state index contributed by atoms with van der Waals surface area (Å²) < 4.78 is 2.44. The zero-order valence-electron chi connectivity index (χ0n) is 29.3. The number of nitrogens with zero attached hydrogens (tertiary/aromatic N) is 3. The largest absolute Gasteiger partial charge is 0.309 e. The van der Waals surface area contributed by atoms with Crippen molar-refractivity contribution < 1.29 is 0 Å². The number of rotatable bonds is 3. The van der Waals surface area contributed by atoms with Gasteiger partial charge in [-0.25, -0.2) is 9.97 Å². The maximum atomic E-state index is 5.20. The molecule has 51 heavy (non-hydrogen) atoms. The minimum absolute atomic E-state index is 0.0918. The molecule has 1 aliphatic rings. The molecular formula is C48H37N3. The van der Waals surface area contributed by atoms with Gasteiger partial charge in [0.2, 0.25) is 0 Å². The number of para-hydroxylation sites is 1. The van der Waals surface area contributed by atoms with E-state index in [0.717, 1.165) is 39.2 Å². The van der Waals surface area contributed by atoms with Gasteiger partial charge in [0, 0.05) is 33.0 Å². The molecule has 9 aromatic rings. The van der Waals surface area contributed by atoms with Crippen molar-refractivity contribution in [2.24, 2.45) is 0 Å². The molecule has 0 aliphatic heterocycles. The first kappa shape index (κ1) is 29.8. The van der Waals surface area contributed by atoms with Crippen LogP contribution >= 0.6 is 0 Å². The summed E-state index contributed by atoms with van der Waals surface area (Å²) in [6, 6.07) is 54.8. The Morgan fingerprint density at radius 3 is 1.92 bits per heavy atom. The highest BCUT2D eigenvalue weighted by Gasteiger charge is 2.46. The molecule has 0 bridgehead atoms. The van der Waals surface area contributed by atoms with E-state index in [9.17, 15) is 0 Å². The Bertz CT molecular complexity index is 2840. The van der Waals surface area contributed by atoms with Gasteiger partial charge in [-0.2, -0.15) is 0 Å². The van der Waals surface area contributed by atoms with Gasteiger partial charge in [0.1, 0.15) is 0 Å². The second-order valence-corrected chi connectivity index (χ2v) is 15.1. The second kappa shape index (κ2) is 10.7. The lowest BCUT2D eigenvalue weighted by Crippen LogP contribution is -2.43. The van der Waals surface area contributed by atoms with Crippen molar-refractivity contribution >= 4 is 43.5 Å². The standard InChI is InChI=1S/C48H37N3/c1-47(2)39-26-23-30-15-11-12-20-34(30)44(39)38-28-37-35-21-13-14-22-42(35)51(43(37)29-40(38)48(47,3)4)33-24-25-36-41(27-33)49-46(32-18-9-6-10-19-32)50-45(36)31-16-7-5-8-17-31/h5-29H,1-4H3. The minimum Gasteiger partial charge on any atom is -0.309 e. The number of aromatic nitrogens is 3. The summed E-state index contributed by atoms with van der Waals surface area (Å²) in [6.07, 6.45) is 0. The van der Waals surface area contributed by atoms with Gasteiger partial charge in [-0.1, -0.05) is 143 Å². The maximum absolute atomic E-state index is 5.20. The van der Waals surface area contributed by atoms with Crippen LogP contribution in [0.15, 0.2) is 152 Å². The lowest BCUT2D eigenvalue weighted by atomic mass is 9.55. The SMILES string of the molecule is CC1(C)c2cc3c(cc2-c2c(ccc4ccccc24)C1(C)C)c1ccccc1n3-c1ccc2c(-c3ccccc3)nc(-c3ccccc3)nc2c1. The van der Waals surface area contributed by atoms with E-state index < -0.39 is 0 Å². The molecule has 3 heteroatoms. The van der Waals surface area contributed by atoms with E-state index in [2.05, 4.69) is 160 Å². The second-order valence-electron chi connectivity index (χ2n) is 15.1. The summed E-state index contributed by atoms with van der Waals surface area (Å²) >= 11 is 0.